The number of amides is 2. The highest BCUT2D eigenvalue weighted by Gasteiger charge is 2.42. The molecule has 0 spiro atoms. The lowest BCUT2D eigenvalue weighted by Gasteiger charge is -2.32. The van der Waals surface area contributed by atoms with E-state index in [9.17, 15) is 30.1 Å². The molecule has 1 aromatic rings. The quantitative estimate of drug-likeness (QED) is 0.110. The van der Waals surface area contributed by atoms with Gasteiger partial charge >= 0.3 is 50.3 Å². The maximum atomic E-state index is 13.4. The van der Waals surface area contributed by atoms with Crippen LogP contribution in [0.1, 0.15) is 95.6 Å². The number of carbonyl (C=O) groups excluding carboxylic acids is 5. The van der Waals surface area contributed by atoms with Crippen molar-refractivity contribution < 1.29 is 63.3 Å². The molecule has 1 atom stereocenters. The summed E-state index contributed by atoms with van der Waals surface area (Å²) in [6.45, 7) is 19.9. The molecule has 2 amide bonds. The van der Waals surface area contributed by atoms with E-state index in [4.69, 9.17) is 33.2 Å². The number of nitrogens with zero attached hydrogens (tertiary/aromatic N) is 1. The van der Waals surface area contributed by atoms with E-state index in [1.165, 1.54) is 48.5 Å². The summed E-state index contributed by atoms with van der Waals surface area (Å²) in [6, 6.07) is 0.0757. The number of benzene rings is 1. The van der Waals surface area contributed by atoms with Crippen LogP contribution in [0.4, 0.5) is 19.2 Å². The zero-order valence-corrected chi connectivity index (χ0v) is 31.3. The van der Waals surface area contributed by atoms with Gasteiger partial charge in [-0.05, 0) is 102 Å². The number of hydrogen-bond donors (Lipinski definition) is 0. The largest absolute Gasteiger partial charge is 0.514 e. The fourth-order valence-corrected chi connectivity index (χ4v) is 4.91. The number of hydrogen-bond acceptors (Lipinski definition) is 14. The van der Waals surface area contributed by atoms with Crippen molar-refractivity contribution in [1.29, 1.82) is 0 Å². The Balaban J connectivity index is 3.97. The molecule has 0 radical (unpaired) electrons. The first kappa shape index (κ1) is 41.3. The molecule has 1 rings (SSSR count). The molecule has 0 aliphatic rings. The van der Waals surface area contributed by atoms with E-state index in [2.05, 4.69) is 0 Å². The van der Waals surface area contributed by atoms with Crippen LogP contribution in [-0.2, 0) is 41.0 Å². The normalized spacial score (nSPS) is 12.8. The van der Waals surface area contributed by atoms with Crippen molar-refractivity contribution in [2.45, 2.75) is 125 Å². The zero-order valence-electron chi connectivity index (χ0n) is 29.2. The van der Waals surface area contributed by atoms with Crippen LogP contribution in [0, 0.1) is 3.57 Å². The second-order valence-electron chi connectivity index (χ2n) is 14.0. The molecule has 0 fully saturated rings. The Kier molecular flexibility index (Phi) is 14.0. The summed E-state index contributed by atoms with van der Waals surface area (Å²) in [7, 11) is 0. The van der Waals surface area contributed by atoms with Gasteiger partial charge in [-0.2, -0.15) is 4.90 Å². The number of ether oxygens (including phenoxy) is 7. The molecule has 1 aromatic carbocycles. The van der Waals surface area contributed by atoms with Gasteiger partial charge in [0.15, 0.2) is 11.5 Å². The summed E-state index contributed by atoms with van der Waals surface area (Å²) in [5.41, 5.74) is -4.46. The minimum atomic E-state index is -4.54. The molecule has 0 heterocycles. The first-order valence-corrected chi connectivity index (χ1v) is 17.4. The van der Waals surface area contributed by atoms with Crippen LogP contribution in [0.2, 0.25) is 0 Å². The summed E-state index contributed by atoms with van der Waals surface area (Å²) in [5, 5.41) is 0. The predicted octanol–water partition coefficient (Wildman–Crippen LogP) is 7.33. The highest BCUT2D eigenvalue weighted by molar-refractivity contribution is 14.2. The van der Waals surface area contributed by atoms with E-state index in [-0.39, 0.29) is 12.2 Å². The molecule has 0 N–H and O–H groups in total. The maximum absolute atomic E-state index is 13.4. The van der Waals surface area contributed by atoms with E-state index < -0.39 is 100 Å². The Hall–Kier alpha value is -3.70. The summed E-state index contributed by atoms with van der Waals surface area (Å²) in [5.74, 6) is -2.12. The van der Waals surface area contributed by atoms with Crippen LogP contribution in [0.5, 0.6) is 11.5 Å². The summed E-state index contributed by atoms with van der Waals surface area (Å²) < 4.78 is 61.6. The average Bonchev–Trinajstić information content (AvgIpc) is 2.80. The predicted molar refractivity (Wildman–Crippen MR) is 173 cm³/mol. The van der Waals surface area contributed by atoms with E-state index in [1.807, 2.05) is 0 Å². The van der Waals surface area contributed by atoms with Crippen LogP contribution in [0.3, 0.4) is 0 Å². The Morgan fingerprint density at radius 2 is 1.04 bits per heavy atom. The second-order valence-corrected chi connectivity index (χ2v) is 16.4. The summed E-state index contributed by atoms with van der Waals surface area (Å²) in [6.07, 6.45) is -5.71. The molecule has 15 nitrogen and oxygen atoms in total. The Morgan fingerprint density at radius 1 is 0.660 bits per heavy atom. The van der Waals surface area contributed by atoms with Gasteiger partial charge in [0.1, 0.15) is 28.4 Å². The lowest BCUT2D eigenvalue weighted by Crippen LogP contribution is -2.53. The average molecular weight is 784 g/mol. The Labute approximate surface area is 282 Å². The van der Waals surface area contributed by atoms with Crippen LogP contribution in [0.25, 0.3) is 0 Å². The van der Waals surface area contributed by atoms with Crippen molar-refractivity contribution in [1.82, 2.24) is 4.90 Å². The molecule has 0 aliphatic heterocycles. The zero-order chi connectivity index (χ0) is 36.7. The fraction of sp³-hybridized carbons (Fsp3) is 0.645. The molecular weight excluding hydrogens is 737 g/mol. The Bertz CT molecular complexity index is 1370. The van der Waals surface area contributed by atoms with Crippen molar-refractivity contribution in [2.24, 2.45) is 0 Å². The van der Waals surface area contributed by atoms with Crippen LogP contribution < -0.4 is 9.47 Å². The van der Waals surface area contributed by atoms with E-state index >= 15 is 0 Å². The number of rotatable bonds is 8. The van der Waals surface area contributed by atoms with Gasteiger partial charge in [0.2, 0.25) is 0 Å². The molecule has 0 aromatic heterocycles. The smallest absolute Gasteiger partial charge is 0.464 e. The summed E-state index contributed by atoms with van der Waals surface area (Å²) >= 11 is -4.54. The third kappa shape index (κ3) is 15.2. The van der Waals surface area contributed by atoms with Crippen LogP contribution in [0.15, 0.2) is 12.1 Å². The van der Waals surface area contributed by atoms with E-state index in [0.29, 0.717) is 4.90 Å². The highest BCUT2D eigenvalue weighted by atomic mass is 127. The van der Waals surface area contributed by atoms with Gasteiger partial charge in [-0.25, -0.2) is 30.1 Å². The topological polar surface area (TPSA) is 187 Å². The molecule has 266 valence electrons. The first-order chi connectivity index (χ1) is 21.1. The van der Waals surface area contributed by atoms with Crippen LogP contribution >= 0.6 is 19.8 Å². The van der Waals surface area contributed by atoms with Gasteiger partial charge in [-0.3, -0.25) is 0 Å². The van der Waals surface area contributed by atoms with Crippen LogP contribution in [-0.4, -0.2) is 70.4 Å². The molecule has 1 unspecified atom stereocenters. The molecule has 47 heavy (non-hydrogen) atoms. The molecule has 0 bridgehead atoms. The third-order valence-corrected chi connectivity index (χ3v) is 6.86. The van der Waals surface area contributed by atoms with Crippen molar-refractivity contribution >= 4 is 50.3 Å². The molecule has 16 heteroatoms. The van der Waals surface area contributed by atoms with Crippen molar-refractivity contribution in [3.63, 3.8) is 0 Å². The standard InChI is InChI=1S/C31H46INO14/c1-14-41-23(34)20(33(24(35)44-28(2,3)4)25(36)45-29(5,6)7)15-18-16-21(42-26(37)46-30(8,9)10)22(17-19(18)32(39)40)43-27(38)47-31(11,12)13/h16-17,20H,14-15H2,1-13H3. The monoisotopic (exact) mass is 783 g/mol. The lowest BCUT2D eigenvalue weighted by molar-refractivity contribution is -0.149. The minimum absolute atomic E-state index is 0.171. The van der Waals surface area contributed by atoms with Gasteiger partial charge in [0.05, 0.1) is 10.2 Å². The Morgan fingerprint density at radius 3 is 1.38 bits per heavy atom. The van der Waals surface area contributed by atoms with Gasteiger partial charge in [0.25, 0.3) is 0 Å². The summed E-state index contributed by atoms with van der Waals surface area (Å²) in [4.78, 5) is 65.8. The number of esters is 1. The number of carbonyl (C=O) groups is 5. The van der Waals surface area contributed by atoms with Crippen molar-refractivity contribution in [3.05, 3.63) is 21.3 Å². The van der Waals surface area contributed by atoms with Crippen molar-refractivity contribution in [3.8, 4) is 11.5 Å². The molecule has 0 aliphatic carbocycles. The lowest BCUT2D eigenvalue weighted by atomic mass is 10.0. The molecule has 0 saturated carbocycles. The molecule has 0 saturated heterocycles. The number of imide groups is 1. The molecular formula is C31H46INO14. The third-order valence-electron chi connectivity index (χ3n) is 4.91. The highest BCUT2D eigenvalue weighted by Crippen LogP contribution is 2.37. The maximum Gasteiger partial charge on any atom is 0.514 e. The van der Waals surface area contributed by atoms with Gasteiger partial charge in [-0.1, -0.05) is 0 Å². The van der Waals surface area contributed by atoms with E-state index in [1.54, 1.807) is 41.5 Å². The first-order valence-electron chi connectivity index (χ1n) is 14.6. The second kappa shape index (κ2) is 15.9. The fourth-order valence-electron chi connectivity index (χ4n) is 3.44. The van der Waals surface area contributed by atoms with Gasteiger partial charge < -0.3 is 33.2 Å². The number of halogens is 1. The van der Waals surface area contributed by atoms with Gasteiger partial charge in [-0.15, -0.1) is 0 Å². The van der Waals surface area contributed by atoms with Crippen molar-refractivity contribution in [2.75, 3.05) is 6.61 Å². The van der Waals surface area contributed by atoms with Gasteiger partial charge in [0, 0.05) is 12.5 Å². The van der Waals surface area contributed by atoms with E-state index in [0.717, 1.165) is 12.1 Å². The minimum Gasteiger partial charge on any atom is -0.464 e. The SMILES string of the molecule is CCOC(=O)C(Cc1cc(OC(=O)OC(C)(C)C)c(OC(=O)OC(C)(C)C)cc1I(=O)=O)N(C(=O)OC(C)(C)C)C(=O)OC(C)(C)C.